The number of nitrogens with zero attached hydrogens (tertiary/aromatic N) is 2. The second-order valence-electron chi connectivity index (χ2n) is 2.91. The number of nitrogens with two attached hydrogens (primary N) is 1. The molecule has 2 heterocycles. The van der Waals surface area contributed by atoms with E-state index >= 15 is 0 Å². The van der Waals surface area contributed by atoms with Crippen molar-refractivity contribution < 1.29 is 5.11 Å². The van der Waals surface area contributed by atoms with E-state index in [1.165, 1.54) is 0 Å². The Morgan fingerprint density at radius 3 is 3.15 bits per heavy atom. The fraction of sp³-hybridized carbons (Fsp3) is 0.222. The van der Waals surface area contributed by atoms with Crippen LogP contribution in [0.1, 0.15) is 11.6 Å². The molecule has 0 aliphatic rings. The molecule has 0 saturated carbocycles. The molecule has 68 valence electrons. The first-order chi connectivity index (χ1) is 6.33. The van der Waals surface area contributed by atoms with Crippen molar-refractivity contribution in [2.45, 2.75) is 6.04 Å². The van der Waals surface area contributed by atoms with Crippen molar-refractivity contribution in [3.05, 3.63) is 36.3 Å². The summed E-state index contributed by atoms with van der Waals surface area (Å²) in [6.07, 6.45) is 5.46. The first-order valence-corrected chi connectivity index (χ1v) is 4.11. The van der Waals surface area contributed by atoms with Gasteiger partial charge < -0.3 is 15.2 Å². The van der Waals surface area contributed by atoms with Gasteiger partial charge in [0, 0.05) is 24.2 Å². The normalized spacial score (nSPS) is 13.4. The molecule has 0 amide bonds. The molecule has 1 atom stereocenters. The second-order valence-corrected chi connectivity index (χ2v) is 2.91. The van der Waals surface area contributed by atoms with Crippen LogP contribution in [0.2, 0.25) is 0 Å². The fourth-order valence-corrected chi connectivity index (χ4v) is 1.36. The summed E-state index contributed by atoms with van der Waals surface area (Å²) >= 11 is 0. The number of pyridine rings is 1. The van der Waals surface area contributed by atoms with E-state index in [4.69, 9.17) is 10.8 Å². The molecule has 0 saturated heterocycles. The largest absolute Gasteiger partial charge is 0.394 e. The van der Waals surface area contributed by atoms with Gasteiger partial charge in [-0.25, -0.2) is 4.98 Å². The van der Waals surface area contributed by atoms with Gasteiger partial charge in [0.15, 0.2) is 0 Å². The van der Waals surface area contributed by atoms with Crippen molar-refractivity contribution in [3.63, 3.8) is 0 Å². The van der Waals surface area contributed by atoms with Crippen LogP contribution in [0.15, 0.2) is 30.7 Å². The van der Waals surface area contributed by atoms with Crippen LogP contribution in [-0.2, 0) is 0 Å². The summed E-state index contributed by atoms with van der Waals surface area (Å²) in [5.74, 6) is 0. The number of aliphatic hydroxyl groups is 1. The maximum atomic E-state index is 8.92. The van der Waals surface area contributed by atoms with Crippen LogP contribution >= 0.6 is 0 Å². The van der Waals surface area contributed by atoms with Crippen LogP contribution < -0.4 is 5.73 Å². The van der Waals surface area contributed by atoms with E-state index in [0.29, 0.717) is 0 Å². The Morgan fingerprint density at radius 2 is 2.38 bits per heavy atom. The van der Waals surface area contributed by atoms with Gasteiger partial charge in [-0.15, -0.1) is 0 Å². The highest BCUT2D eigenvalue weighted by molar-refractivity contribution is 5.49. The zero-order valence-electron chi connectivity index (χ0n) is 7.09. The van der Waals surface area contributed by atoms with Crippen molar-refractivity contribution in [3.8, 4) is 0 Å². The third kappa shape index (κ3) is 1.30. The van der Waals surface area contributed by atoms with Crippen LogP contribution in [-0.4, -0.2) is 21.1 Å². The van der Waals surface area contributed by atoms with Gasteiger partial charge in [-0.05, 0) is 6.07 Å². The molecule has 0 aromatic carbocycles. The summed E-state index contributed by atoms with van der Waals surface area (Å²) in [5.41, 5.74) is 7.40. The first kappa shape index (κ1) is 8.22. The Bertz CT molecular complexity index is 410. The van der Waals surface area contributed by atoms with E-state index in [0.717, 1.165) is 11.2 Å². The molecule has 3 N–H and O–H groups in total. The number of rotatable bonds is 2. The van der Waals surface area contributed by atoms with Crippen molar-refractivity contribution in [2.24, 2.45) is 5.73 Å². The minimum Gasteiger partial charge on any atom is -0.394 e. The Kier molecular flexibility index (Phi) is 2.00. The average molecular weight is 177 g/mol. The van der Waals surface area contributed by atoms with E-state index in [1.54, 1.807) is 6.20 Å². The molecule has 2 aromatic rings. The minimum absolute atomic E-state index is 0.0630. The van der Waals surface area contributed by atoms with E-state index in [9.17, 15) is 0 Å². The molecule has 0 radical (unpaired) electrons. The van der Waals surface area contributed by atoms with Crippen molar-refractivity contribution in [1.29, 1.82) is 0 Å². The number of aromatic nitrogens is 2. The quantitative estimate of drug-likeness (QED) is 0.694. The predicted octanol–water partition coefficient (Wildman–Crippen LogP) is 0.326. The number of fused-ring (bicyclic) bond motifs is 1. The highest BCUT2D eigenvalue weighted by Crippen LogP contribution is 2.14. The molecule has 2 rings (SSSR count). The number of hydrogen-bond donors (Lipinski definition) is 2. The second kappa shape index (κ2) is 3.16. The zero-order chi connectivity index (χ0) is 9.26. The van der Waals surface area contributed by atoms with Crippen LogP contribution in [0.5, 0.6) is 0 Å². The summed E-state index contributed by atoms with van der Waals surface area (Å²) in [5, 5.41) is 8.92. The molecule has 4 heteroatoms. The van der Waals surface area contributed by atoms with E-state index in [1.807, 2.05) is 28.9 Å². The lowest BCUT2D eigenvalue weighted by atomic mass is 10.1. The number of hydrogen-bond acceptors (Lipinski definition) is 3. The number of imidazole rings is 1. The van der Waals surface area contributed by atoms with E-state index < -0.39 is 0 Å². The number of aliphatic hydroxyl groups excluding tert-OH is 1. The van der Waals surface area contributed by atoms with Gasteiger partial charge in [0.1, 0.15) is 5.65 Å². The summed E-state index contributed by atoms with van der Waals surface area (Å²) in [6.45, 7) is -0.0630. The molecule has 2 aromatic heterocycles. The molecule has 0 bridgehead atoms. The lowest BCUT2D eigenvalue weighted by Gasteiger charge is -2.08. The Labute approximate surface area is 75.6 Å². The predicted molar refractivity (Wildman–Crippen MR) is 49.2 cm³/mol. The first-order valence-electron chi connectivity index (χ1n) is 4.11. The molecule has 0 fully saturated rings. The molecule has 0 aliphatic heterocycles. The van der Waals surface area contributed by atoms with Crippen molar-refractivity contribution in [1.82, 2.24) is 9.38 Å². The molecule has 1 unspecified atom stereocenters. The zero-order valence-corrected chi connectivity index (χ0v) is 7.09. The Morgan fingerprint density at radius 1 is 1.54 bits per heavy atom. The SMILES string of the molecule is NC(CO)c1cccn2ccnc12. The van der Waals surface area contributed by atoms with E-state index in [-0.39, 0.29) is 12.6 Å². The molecule has 13 heavy (non-hydrogen) atoms. The highest BCUT2D eigenvalue weighted by atomic mass is 16.3. The standard InChI is InChI=1S/C9H11N3O/c10-8(6-13)7-2-1-4-12-5-3-11-9(7)12/h1-5,8,13H,6,10H2. The van der Waals surface area contributed by atoms with Gasteiger partial charge in [-0.2, -0.15) is 0 Å². The summed E-state index contributed by atoms with van der Waals surface area (Å²) < 4.78 is 1.88. The third-order valence-electron chi connectivity index (χ3n) is 2.05. The summed E-state index contributed by atoms with van der Waals surface area (Å²) in [7, 11) is 0. The lowest BCUT2D eigenvalue weighted by molar-refractivity contribution is 0.268. The molecular formula is C9H11N3O. The lowest BCUT2D eigenvalue weighted by Crippen LogP contribution is -2.15. The topological polar surface area (TPSA) is 63.5 Å². The molecule has 0 spiro atoms. The Hall–Kier alpha value is -1.39. The third-order valence-corrected chi connectivity index (χ3v) is 2.05. The monoisotopic (exact) mass is 177 g/mol. The minimum atomic E-state index is -0.355. The van der Waals surface area contributed by atoms with Gasteiger partial charge in [0.05, 0.1) is 12.6 Å². The average Bonchev–Trinajstić information content (AvgIpc) is 2.63. The van der Waals surface area contributed by atoms with Crippen LogP contribution in [0.25, 0.3) is 5.65 Å². The van der Waals surface area contributed by atoms with Crippen LogP contribution in [0.4, 0.5) is 0 Å². The van der Waals surface area contributed by atoms with Crippen molar-refractivity contribution >= 4 is 5.65 Å². The Balaban J connectivity index is 2.60. The fourth-order valence-electron chi connectivity index (χ4n) is 1.36. The van der Waals surface area contributed by atoms with E-state index in [2.05, 4.69) is 4.98 Å². The maximum Gasteiger partial charge on any atom is 0.141 e. The van der Waals surface area contributed by atoms with Gasteiger partial charge in [0.25, 0.3) is 0 Å². The van der Waals surface area contributed by atoms with Crippen LogP contribution in [0.3, 0.4) is 0 Å². The molecule has 0 aliphatic carbocycles. The van der Waals surface area contributed by atoms with Gasteiger partial charge in [-0.1, -0.05) is 6.07 Å². The van der Waals surface area contributed by atoms with Gasteiger partial charge >= 0.3 is 0 Å². The van der Waals surface area contributed by atoms with Gasteiger partial charge in [0.2, 0.25) is 0 Å². The van der Waals surface area contributed by atoms with Crippen LogP contribution in [0, 0.1) is 0 Å². The summed E-state index contributed by atoms with van der Waals surface area (Å²) in [4.78, 5) is 4.16. The molecule has 4 nitrogen and oxygen atoms in total. The van der Waals surface area contributed by atoms with Crippen molar-refractivity contribution in [2.75, 3.05) is 6.61 Å². The smallest absolute Gasteiger partial charge is 0.141 e. The maximum absolute atomic E-state index is 8.92. The highest BCUT2D eigenvalue weighted by Gasteiger charge is 2.08. The summed E-state index contributed by atoms with van der Waals surface area (Å²) in [6, 6.07) is 3.41. The van der Waals surface area contributed by atoms with Gasteiger partial charge in [-0.3, -0.25) is 0 Å². The molecular weight excluding hydrogens is 166 g/mol.